The normalized spacial score (nSPS) is 10.9. The van der Waals surface area contributed by atoms with Crippen molar-refractivity contribution in [2.24, 2.45) is 0 Å². The zero-order valence-electron chi connectivity index (χ0n) is 8.55. The summed E-state index contributed by atoms with van der Waals surface area (Å²) in [5, 5.41) is 2.58. The molecule has 0 aliphatic heterocycles. The van der Waals surface area contributed by atoms with E-state index in [9.17, 15) is 9.59 Å². The Morgan fingerprint density at radius 2 is 1.92 bits per heavy atom. The minimum atomic E-state index is -0.316. The smallest absolute Gasteiger partial charge is 0.256 e. The van der Waals surface area contributed by atoms with Crippen molar-refractivity contribution >= 4 is 11.7 Å². The lowest BCUT2D eigenvalue weighted by molar-refractivity contribution is -0.121. The van der Waals surface area contributed by atoms with Crippen LogP contribution in [0.25, 0.3) is 0 Å². The Bertz CT molecular complexity index is 232. The fourth-order valence-corrected chi connectivity index (χ4v) is 0.823. The van der Waals surface area contributed by atoms with E-state index in [2.05, 4.69) is 5.32 Å². The number of hydrogen-bond donors (Lipinski definition) is 1. The van der Waals surface area contributed by atoms with Gasteiger partial charge in [0, 0.05) is 26.8 Å². The summed E-state index contributed by atoms with van der Waals surface area (Å²) in [5.74, 6) is -0.539. The van der Waals surface area contributed by atoms with Crippen LogP contribution in [0.2, 0.25) is 0 Å². The summed E-state index contributed by atoms with van der Waals surface area (Å²) in [6.07, 6.45) is 1.52. The summed E-state index contributed by atoms with van der Waals surface area (Å²) >= 11 is 0. The summed E-state index contributed by atoms with van der Waals surface area (Å²) < 4.78 is 0. The van der Waals surface area contributed by atoms with Gasteiger partial charge in [0.15, 0.2) is 5.78 Å². The van der Waals surface area contributed by atoms with Gasteiger partial charge in [-0.15, -0.1) is 0 Å². The third-order valence-corrected chi connectivity index (χ3v) is 1.35. The van der Waals surface area contributed by atoms with Crippen molar-refractivity contribution < 1.29 is 9.59 Å². The molecule has 1 amide bonds. The molecule has 0 radical (unpaired) electrons. The first-order valence-corrected chi connectivity index (χ1v) is 4.16. The van der Waals surface area contributed by atoms with Gasteiger partial charge in [0.2, 0.25) is 0 Å². The minimum Gasteiger partial charge on any atom is -0.383 e. The fourth-order valence-electron chi connectivity index (χ4n) is 0.823. The van der Waals surface area contributed by atoms with Crippen molar-refractivity contribution in [2.75, 3.05) is 20.6 Å². The van der Waals surface area contributed by atoms with E-state index in [0.29, 0.717) is 6.54 Å². The highest BCUT2D eigenvalue weighted by Gasteiger charge is 2.13. The van der Waals surface area contributed by atoms with Crippen LogP contribution in [0.4, 0.5) is 0 Å². The molecule has 4 heteroatoms. The maximum atomic E-state index is 11.3. The maximum absolute atomic E-state index is 11.3. The molecule has 0 aliphatic carbocycles. The Balaban J connectivity index is 4.61. The van der Waals surface area contributed by atoms with Crippen molar-refractivity contribution in [1.29, 1.82) is 0 Å². The maximum Gasteiger partial charge on any atom is 0.256 e. The van der Waals surface area contributed by atoms with Crippen LogP contribution in [0.3, 0.4) is 0 Å². The van der Waals surface area contributed by atoms with Crippen molar-refractivity contribution in [3.63, 3.8) is 0 Å². The molecule has 0 fully saturated rings. The standard InChI is InChI=1S/C9H16N2O2/c1-5-10-9(13)8(7(2)12)6-11(3)4/h6H,5H2,1-4H3,(H,10,13)/b8-6+. The average molecular weight is 184 g/mol. The van der Waals surface area contributed by atoms with Crippen LogP contribution >= 0.6 is 0 Å². The third kappa shape index (κ3) is 4.30. The van der Waals surface area contributed by atoms with Crippen LogP contribution < -0.4 is 5.32 Å². The average Bonchev–Trinajstić information content (AvgIpc) is 1.99. The lowest BCUT2D eigenvalue weighted by atomic mass is 10.2. The lowest BCUT2D eigenvalue weighted by Gasteiger charge is -2.08. The molecule has 0 heterocycles. The Morgan fingerprint density at radius 3 is 2.23 bits per heavy atom. The second-order valence-corrected chi connectivity index (χ2v) is 2.92. The first-order valence-electron chi connectivity index (χ1n) is 4.16. The second-order valence-electron chi connectivity index (χ2n) is 2.92. The predicted octanol–water partition coefficient (Wildman–Crippen LogP) is 0.157. The zero-order chi connectivity index (χ0) is 10.4. The lowest BCUT2D eigenvalue weighted by Crippen LogP contribution is -2.28. The fraction of sp³-hybridized carbons (Fsp3) is 0.556. The molecular formula is C9H16N2O2. The summed E-state index contributed by atoms with van der Waals surface area (Å²) in [5.41, 5.74) is 0.187. The number of carbonyl (C=O) groups is 2. The highest BCUT2D eigenvalue weighted by Crippen LogP contribution is 1.97. The Hall–Kier alpha value is -1.32. The van der Waals surface area contributed by atoms with Crippen molar-refractivity contribution in [3.05, 3.63) is 11.8 Å². The highest BCUT2D eigenvalue weighted by atomic mass is 16.2. The molecule has 0 rings (SSSR count). The van der Waals surface area contributed by atoms with Gasteiger partial charge in [0.05, 0.1) is 5.57 Å². The Morgan fingerprint density at radius 1 is 1.38 bits per heavy atom. The van der Waals surface area contributed by atoms with Gasteiger partial charge < -0.3 is 10.2 Å². The molecule has 0 saturated heterocycles. The van der Waals surface area contributed by atoms with Crippen molar-refractivity contribution in [2.45, 2.75) is 13.8 Å². The number of carbonyl (C=O) groups excluding carboxylic acids is 2. The molecular weight excluding hydrogens is 168 g/mol. The van der Waals surface area contributed by atoms with E-state index < -0.39 is 0 Å². The Kier molecular flexibility index (Phi) is 4.80. The van der Waals surface area contributed by atoms with Gasteiger partial charge in [-0.3, -0.25) is 9.59 Å². The third-order valence-electron chi connectivity index (χ3n) is 1.35. The molecule has 0 saturated carbocycles. The quantitative estimate of drug-likeness (QED) is 0.384. The number of nitrogens with zero attached hydrogens (tertiary/aromatic N) is 1. The van der Waals surface area contributed by atoms with Crippen LogP contribution in [-0.2, 0) is 9.59 Å². The molecule has 0 aromatic carbocycles. The molecule has 13 heavy (non-hydrogen) atoms. The number of Topliss-reactive ketones (excluding diaryl/α,β-unsaturated/α-hetero) is 1. The SMILES string of the molecule is CCNC(=O)/C(=C/N(C)C)C(C)=O. The first-order chi connectivity index (χ1) is 5.99. The van der Waals surface area contributed by atoms with E-state index in [0.717, 1.165) is 0 Å². The van der Waals surface area contributed by atoms with Gasteiger partial charge in [-0.25, -0.2) is 0 Å². The van der Waals surface area contributed by atoms with Crippen molar-refractivity contribution in [3.8, 4) is 0 Å². The number of ketones is 1. The molecule has 74 valence electrons. The topological polar surface area (TPSA) is 49.4 Å². The van der Waals surface area contributed by atoms with Gasteiger partial charge in [-0.05, 0) is 13.8 Å². The number of hydrogen-bond acceptors (Lipinski definition) is 3. The minimum absolute atomic E-state index is 0.187. The Labute approximate surface area is 78.6 Å². The van der Waals surface area contributed by atoms with E-state index in [1.54, 1.807) is 19.0 Å². The van der Waals surface area contributed by atoms with E-state index in [1.165, 1.54) is 13.1 Å². The summed E-state index contributed by atoms with van der Waals surface area (Å²) in [6, 6.07) is 0. The van der Waals surface area contributed by atoms with Crippen LogP contribution in [0.15, 0.2) is 11.8 Å². The highest BCUT2D eigenvalue weighted by molar-refractivity contribution is 6.18. The monoisotopic (exact) mass is 184 g/mol. The van der Waals surface area contributed by atoms with Gasteiger partial charge >= 0.3 is 0 Å². The molecule has 0 aromatic heterocycles. The van der Waals surface area contributed by atoms with Crippen LogP contribution in [0, 0.1) is 0 Å². The largest absolute Gasteiger partial charge is 0.383 e. The van der Waals surface area contributed by atoms with Gasteiger partial charge in [-0.1, -0.05) is 0 Å². The molecule has 1 N–H and O–H groups in total. The number of amides is 1. The van der Waals surface area contributed by atoms with E-state index in [4.69, 9.17) is 0 Å². The predicted molar refractivity (Wildman–Crippen MR) is 51.1 cm³/mol. The van der Waals surface area contributed by atoms with E-state index >= 15 is 0 Å². The number of likely N-dealkylation sites (N-methyl/N-ethyl adjacent to an activating group) is 1. The zero-order valence-corrected chi connectivity index (χ0v) is 8.55. The number of rotatable bonds is 4. The van der Waals surface area contributed by atoms with Crippen molar-refractivity contribution in [1.82, 2.24) is 10.2 Å². The second kappa shape index (κ2) is 5.35. The van der Waals surface area contributed by atoms with Gasteiger partial charge in [0.1, 0.15) is 0 Å². The molecule has 4 nitrogen and oxygen atoms in total. The molecule has 0 unspecified atom stereocenters. The van der Waals surface area contributed by atoms with E-state index in [1.807, 2.05) is 6.92 Å². The first kappa shape index (κ1) is 11.7. The summed E-state index contributed by atoms with van der Waals surface area (Å²) in [6.45, 7) is 3.72. The molecule has 0 bridgehead atoms. The van der Waals surface area contributed by atoms with Crippen LogP contribution in [0.5, 0.6) is 0 Å². The van der Waals surface area contributed by atoms with Gasteiger partial charge in [-0.2, -0.15) is 0 Å². The van der Waals surface area contributed by atoms with Gasteiger partial charge in [0.25, 0.3) is 5.91 Å². The van der Waals surface area contributed by atoms with Crippen LogP contribution in [-0.4, -0.2) is 37.2 Å². The van der Waals surface area contributed by atoms with Crippen LogP contribution in [0.1, 0.15) is 13.8 Å². The molecule has 0 aliphatic rings. The molecule has 0 aromatic rings. The molecule has 0 spiro atoms. The summed E-state index contributed by atoms with van der Waals surface area (Å²) in [7, 11) is 3.53. The van der Waals surface area contributed by atoms with E-state index in [-0.39, 0.29) is 17.3 Å². The summed E-state index contributed by atoms with van der Waals surface area (Å²) in [4.78, 5) is 24.0. The molecule has 0 atom stereocenters. The number of nitrogens with one attached hydrogen (secondary N) is 1.